The van der Waals surface area contributed by atoms with Crippen LogP contribution in [0.4, 0.5) is 10.1 Å². The predicted octanol–water partition coefficient (Wildman–Crippen LogP) is 5.45. The highest BCUT2D eigenvalue weighted by atomic mass is 35.5. The third-order valence-corrected chi connectivity index (χ3v) is 8.09. The maximum Gasteiger partial charge on any atom is 0.244 e. The molecule has 7 nitrogen and oxygen atoms in total. The molecule has 0 aliphatic carbocycles. The molecule has 3 aromatic rings. The van der Waals surface area contributed by atoms with Crippen molar-refractivity contribution in [2.45, 2.75) is 45.3 Å². The Labute approximate surface area is 244 Å². The van der Waals surface area contributed by atoms with Crippen molar-refractivity contribution in [2.24, 2.45) is 0 Å². The molecule has 2 amide bonds. The van der Waals surface area contributed by atoms with E-state index in [-0.39, 0.29) is 35.3 Å². The van der Waals surface area contributed by atoms with E-state index < -0.39 is 40.2 Å². The van der Waals surface area contributed by atoms with Crippen molar-refractivity contribution < 1.29 is 22.4 Å². The third kappa shape index (κ3) is 8.43. The number of hydrogen-bond donors (Lipinski definition) is 1. The van der Waals surface area contributed by atoms with Crippen molar-refractivity contribution in [3.8, 4) is 0 Å². The number of anilines is 1. The van der Waals surface area contributed by atoms with Gasteiger partial charge in [0.2, 0.25) is 21.8 Å². The molecule has 0 saturated carbocycles. The Hall–Kier alpha value is -3.14. The van der Waals surface area contributed by atoms with Gasteiger partial charge in [0.1, 0.15) is 18.4 Å². The van der Waals surface area contributed by atoms with Gasteiger partial charge >= 0.3 is 0 Å². The maximum absolute atomic E-state index is 14.8. The average molecular weight is 609 g/mol. The number of carbonyl (C=O) groups is 2. The molecule has 40 heavy (non-hydrogen) atoms. The van der Waals surface area contributed by atoms with Crippen molar-refractivity contribution in [1.82, 2.24) is 10.2 Å². The van der Waals surface area contributed by atoms with E-state index in [2.05, 4.69) is 5.32 Å². The lowest BCUT2D eigenvalue weighted by Crippen LogP contribution is -2.54. The summed E-state index contributed by atoms with van der Waals surface area (Å²) in [5.41, 5.74) is 1.01. The molecule has 11 heteroatoms. The molecule has 0 fully saturated rings. The number of amides is 2. The molecule has 0 aromatic heterocycles. The summed E-state index contributed by atoms with van der Waals surface area (Å²) < 4.78 is 41.3. The minimum Gasteiger partial charge on any atom is -0.352 e. The van der Waals surface area contributed by atoms with Crippen LogP contribution >= 0.6 is 23.2 Å². The summed E-state index contributed by atoms with van der Waals surface area (Å²) in [5.74, 6) is -1.69. The molecule has 0 heterocycles. The number of halogens is 3. The minimum atomic E-state index is -4.01. The molecule has 3 aromatic carbocycles. The molecule has 0 radical (unpaired) electrons. The van der Waals surface area contributed by atoms with Gasteiger partial charge in [0.25, 0.3) is 0 Å². The van der Waals surface area contributed by atoms with Crippen LogP contribution in [0.1, 0.15) is 31.4 Å². The molecule has 1 N–H and O–H groups in total. The second-order valence-electron chi connectivity index (χ2n) is 9.50. The Bertz CT molecular complexity index is 1440. The average Bonchev–Trinajstić information content (AvgIpc) is 2.90. The van der Waals surface area contributed by atoms with Gasteiger partial charge in [-0.25, -0.2) is 12.8 Å². The normalized spacial score (nSPS) is 12.8. The lowest BCUT2D eigenvalue weighted by molar-refractivity contribution is -0.140. The zero-order valence-electron chi connectivity index (χ0n) is 22.5. The Morgan fingerprint density at radius 3 is 2.25 bits per heavy atom. The van der Waals surface area contributed by atoms with Gasteiger partial charge in [0.05, 0.1) is 17.0 Å². The molecular weight excluding hydrogens is 576 g/mol. The molecule has 3 rings (SSSR count). The van der Waals surface area contributed by atoms with E-state index in [9.17, 15) is 22.4 Å². The fourth-order valence-corrected chi connectivity index (χ4v) is 5.51. The molecule has 0 bridgehead atoms. The zero-order valence-corrected chi connectivity index (χ0v) is 24.8. The van der Waals surface area contributed by atoms with Crippen LogP contribution in [0, 0.1) is 5.82 Å². The van der Waals surface area contributed by atoms with E-state index in [1.165, 1.54) is 41.3 Å². The van der Waals surface area contributed by atoms with Crippen molar-refractivity contribution in [3.05, 3.63) is 99.8 Å². The quantitative estimate of drug-likeness (QED) is 0.296. The van der Waals surface area contributed by atoms with Crippen LogP contribution in [0.2, 0.25) is 10.0 Å². The number of hydrogen-bond acceptors (Lipinski definition) is 4. The SMILES string of the molecule is CC[C@H](C)NC(=O)[C@H](Cc1ccccc1)N(Cc1ccccc1F)C(=O)CN(c1ccc(Cl)cc1Cl)S(C)(=O)=O. The monoisotopic (exact) mass is 607 g/mol. The van der Waals surface area contributed by atoms with Gasteiger partial charge < -0.3 is 10.2 Å². The van der Waals surface area contributed by atoms with E-state index >= 15 is 0 Å². The standard InChI is InChI=1S/C29H32Cl2FN3O4S/c1-4-20(2)33-29(37)27(16-21-10-6-5-7-11-21)34(18-22-12-8-9-13-25(22)32)28(36)19-35(40(3,38)39)26-15-14-23(30)17-24(26)31/h5-15,17,20,27H,4,16,18-19H2,1-3H3,(H,33,37)/t20-,27-/m0/s1. The Balaban J connectivity index is 2.09. The van der Waals surface area contributed by atoms with E-state index in [0.717, 1.165) is 16.1 Å². The molecule has 2 atom stereocenters. The van der Waals surface area contributed by atoms with Gasteiger partial charge in [0, 0.05) is 29.6 Å². The largest absolute Gasteiger partial charge is 0.352 e. The summed E-state index contributed by atoms with van der Waals surface area (Å²) in [6.07, 6.45) is 1.73. The summed E-state index contributed by atoms with van der Waals surface area (Å²) in [6, 6.07) is 18.0. The van der Waals surface area contributed by atoms with E-state index in [1.807, 2.05) is 44.2 Å². The first-order chi connectivity index (χ1) is 18.9. The van der Waals surface area contributed by atoms with Gasteiger partial charge in [-0.15, -0.1) is 0 Å². The molecule has 0 aliphatic heterocycles. The van der Waals surface area contributed by atoms with E-state index in [0.29, 0.717) is 11.4 Å². The summed E-state index contributed by atoms with van der Waals surface area (Å²) in [6.45, 7) is 2.83. The smallest absolute Gasteiger partial charge is 0.244 e. The molecule has 0 aliphatic rings. The lowest BCUT2D eigenvalue weighted by Gasteiger charge is -2.34. The Morgan fingerprint density at radius 2 is 1.65 bits per heavy atom. The van der Waals surface area contributed by atoms with Gasteiger partial charge in [-0.1, -0.05) is 78.7 Å². The third-order valence-electron chi connectivity index (χ3n) is 6.43. The Morgan fingerprint density at radius 1 is 1.00 bits per heavy atom. The number of sulfonamides is 1. The molecule has 0 unspecified atom stereocenters. The number of rotatable bonds is 12. The fraction of sp³-hybridized carbons (Fsp3) is 0.310. The molecule has 0 spiro atoms. The van der Waals surface area contributed by atoms with Crippen LogP contribution in [0.3, 0.4) is 0 Å². The summed E-state index contributed by atoms with van der Waals surface area (Å²) in [7, 11) is -4.01. The second-order valence-corrected chi connectivity index (χ2v) is 12.3. The molecular formula is C29H32Cl2FN3O4S. The first-order valence-corrected chi connectivity index (χ1v) is 15.3. The van der Waals surface area contributed by atoms with Crippen LogP contribution in [0.5, 0.6) is 0 Å². The van der Waals surface area contributed by atoms with E-state index in [1.54, 1.807) is 6.07 Å². The van der Waals surface area contributed by atoms with Crippen LogP contribution in [-0.4, -0.2) is 50.0 Å². The van der Waals surface area contributed by atoms with Gasteiger partial charge in [0.15, 0.2) is 0 Å². The summed E-state index contributed by atoms with van der Waals surface area (Å²) in [4.78, 5) is 28.9. The van der Waals surface area contributed by atoms with Crippen LogP contribution in [0.15, 0.2) is 72.8 Å². The molecule has 214 valence electrons. The zero-order chi connectivity index (χ0) is 29.4. The highest BCUT2D eigenvalue weighted by Crippen LogP contribution is 2.30. The molecule has 0 saturated heterocycles. The number of nitrogens with zero attached hydrogens (tertiary/aromatic N) is 2. The first-order valence-electron chi connectivity index (χ1n) is 12.7. The number of carbonyl (C=O) groups excluding carboxylic acids is 2. The topological polar surface area (TPSA) is 86.8 Å². The predicted molar refractivity (Wildman–Crippen MR) is 157 cm³/mol. The van der Waals surface area contributed by atoms with Gasteiger partial charge in [-0.2, -0.15) is 0 Å². The fourth-order valence-electron chi connectivity index (χ4n) is 4.08. The highest BCUT2D eigenvalue weighted by molar-refractivity contribution is 7.92. The van der Waals surface area contributed by atoms with Gasteiger partial charge in [-0.3, -0.25) is 13.9 Å². The lowest BCUT2D eigenvalue weighted by atomic mass is 10.0. The number of benzene rings is 3. The second kappa shape index (κ2) is 14.0. The van der Waals surface area contributed by atoms with Crippen molar-refractivity contribution >= 4 is 50.7 Å². The van der Waals surface area contributed by atoms with Crippen molar-refractivity contribution in [1.29, 1.82) is 0 Å². The first kappa shape index (κ1) is 31.4. The van der Waals surface area contributed by atoms with Crippen molar-refractivity contribution in [2.75, 3.05) is 17.1 Å². The van der Waals surface area contributed by atoms with Crippen molar-refractivity contribution in [3.63, 3.8) is 0 Å². The van der Waals surface area contributed by atoms with E-state index in [4.69, 9.17) is 23.2 Å². The minimum absolute atomic E-state index is 0.0294. The number of nitrogens with one attached hydrogen (secondary N) is 1. The summed E-state index contributed by atoms with van der Waals surface area (Å²) >= 11 is 12.3. The summed E-state index contributed by atoms with van der Waals surface area (Å²) in [5, 5.41) is 3.24. The highest BCUT2D eigenvalue weighted by Gasteiger charge is 2.34. The Kier molecular flexibility index (Phi) is 11.0. The maximum atomic E-state index is 14.8. The van der Waals surface area contributed by atoms with Crippen LogP contribution < -0.4 is 9.62 Å². The van der Waals surface area contributed by atoms with Crippen LogP contribution in [0.25, 0.3) is 0 Å². The van der Waals surface area contributed by atoms with Gasteiger partial charge in [-0.05, 0) is 43.2 Å². The van der Waals surface area contributed by atoms with Crippen LogP contribution in [-0.2, 0) is 32.6 Å².